The molecule has 1 N–H and O–H groups in total. The standard InChI is InChI=1S/C16H13F3N4O2/c17-16(18,19)14-5-4-11(9-20-14)15(24)21-10-12(13-3-1-8-25-13)23-7-2-6-22-23/h1-9,12H,10H2,(H,21,24). The lowest BCUT2D eigenvalue weighted by Gasteiger charge is -2.16. The molecule has 1 unspecified atom stereocenters. The van der Waals surface area contributed by atoms with Gasteiger partial charge in [0.2, 0.25) is 0 Å². The van der Waals surface area contributed by atoms with Crippen LogP contribution in [0.15, 0.2) is 59.6 Å². The summed E-state index contributed by atoms with van der Waals surface area (Å²) in [6, 6.07) is 6.67. The van der Waals surface area contributed by atoms with E-state index in [9.17, 15) is 18.0 Å². The Balaban J connectivity index is 1.70. The number of nitrogens with one attached hydrogen (secondary N) is 1. The lowest BCUT2D eigenvalue weighted by molar-refractivity contribution is -0.141. The van der Waals surface area contributed by atoms with E-state index in [0.717, 1.165) is 18.3 Å². The van der Waals surface area contributed by atoms with Crippen LogP contribution >= 0.6 is 0 Å². The van der Waals surface area contributed by atoms with Crippen LogP contribution in [0.25, 0.3) is 0 Å². The Kier molecular flexibility index (Phi) is 4.55. The number of carbonyl (C=O) groups excluding carboxylic acids is 1. The van der Waals surface area contributed by atoms with Gasteiger partial charge in [-0.3, -0.25) is 14.5 Å². The summed E-state index contributed by atoms with van der Waals surface area (Å²) in [6.45, 7) is 0.148. The van der Waals surface area contributed by atoms with Crippen molar-refractivity contribution >= 4 is 5.91 Å². The van der Waals surface area contributed by atoms with Crippen molar-refractivity contribution in [1.82, 2.24) is 20.1 Å². The smallest absolute Gasteiger partial charge is 0.433 e. The summed E-state index contributed by atoms with van der Waals surface area (Å²) in [5.74, 6) is 0.0551. The van der Waals surface area contributed by atoms with Gasteiger partial charge in [0.25, 0.3) is 5.91 Å². The Bertz CT molecular complexity index is 778. The number of halogens is 3. The van der Waals surface area contributed by atoms with Crippen molar-refractivity contribution in [2.75, 3.05) is 6.54 Å². The molecule has 0 aromatic carbocycles. The Morgan fingerprint density at radius 1 is 1.28 bits per heavy atom. The number of aromatic nitrogens is 3. The molecule has 9 heteroatoms. The third kappa shape index (κ3) is 3.87. The molecular formula is C16H13F3N4O2. The molecule has 0 radical (unpaired) electrons. The number of rotatable bonds is 5. The minimum absolute atomic E-state index is 0.0339. The van der Waals surface area contributed by atoms with E-state index in [2.05, 4.69) is 15.4 Å². The van der Waals surface area contributed by atoms with Crippen LogP contribution in [0.3, 0.4) is 0 Å². The molecule has 0 aliphatic carbocycles. The van der Waals surface area contributed by atoms with Gasteiger partial charge in [-0.25, -0.2) is 0 Å². The van der Waals surface area contributed by atoms with Crippen LogP contribution in [0.1, 0.15) is 27.9 Å². The first-order chi connectivity index (χ1) is 11.9. The van der Waals surface area contributed by atoms with Gasteiger partial charge >= 0.3 is 6.18 Å². The molecule has 25 heavy (non-hydrogen) atoms. The van der Waals surface area contributed by atoms with E-state index < -0.39 is 17.8 Å². The van der Waals surface area contributed by atoms with Crippen LogP contribution < -0.4 is 5.32 Å². The summed E-state index contributed by atoms with van der Waals surface area (Å²) >= 11 is 0. The van der Waals surface area contributed by atoms with E-state index in [0.29, 0.717) is 5.76 Å². The molecule has 0 fully saturated rings. The second-order valence-corrected chi connectivity index (χ2v) is 5.16. The van der Waals surface area contributed by atoms with Crippen LogP contribution in [-0.4, -0.2) is 27.2 Å². The molecule has 1 amide bonds. The summed E-state index contributed by atoms with van der Waals surface area (Å²) in [5.41, 5.74) is -1.01. The van der Waals surface area contributed by atoms with Crippen molar-refractivity contribution < 1.29 is 22.4 Å². The number of pyridine rings is 1. The summed E-state index contributed by atoms with van der Waals surface area (Å²) in [5, 5.41) is 6.78. The van der Waals surface area contributed by atoms with Crippen molar-refractivity contribution in [3.05, 3.63) is 72.2 Å². The maximum absolute atomic E-state index is 12.5. The van der Waals surface area contributed by atoms with E-state index in [-0.39, 0.29) is 18.2 Å². The van der Waals surface area contributed by atoms with Crippen LogP contribution in [0.2, 0.25) is 0 Å². The zero-order chi connectivity index (χ0) is 17.9. The van der Waals surface area contributed by atoms with Crippen molar-refractivity contribution in [1.29, 1.82) is 0 Å². The van der Waals surface area contributed by atoms with Gasteiger partial charge in [0.05, 0.1) is 11.8 Å². The highest BCUT2D eigenvalue weighted by Gasteiger charge is 2.32. The molecule has 3 heterocycles. The van der Waals surface area contributed by atoms with Gasteiger partial charge in [-0.05, 0) is 30.3 Å². The van der Waals surface area contributed by atoms with Gasteiger partial charge in [-0.15, -0.1) is 0 Å². The van der Waals surface area contributed by atoms with E-state index in [4.69, 9.17) is 4.42 Å². The van der Waals surface area contributed by atoms with Gasteiger partial charge < -0.3 is 9.73 Å². The quantitative estimate of drug-likeness (QED) is 0.768. The lowest BCUT2D eigenvalue weighted by Crippen LogP contribution is -2.31. The highest BCUT2D eigenvalue weighted by Crippen LogP contribution is 2.27. The zero-order valence-electron chi connectivity index (χ0n) is 12.8. The SMILES string of the molecule is O=C(NCC(c1ccco1)n1cccn1)c1ccc(C(F)(F)F)nc1. The third-order valence-electron chi connectivity index (χ3n) is 3.49. The van der Waals surface area contributed by atoms with Gasteiger partial charge in [-0.2, -0.15) is 18.3 Å². The van der Waals surface area contributed by atoms with Crippen molar-refractivity contribution in [2.24, 2.45) is 0 Å². The molecule has 3 aromatic heterocycles. The maximum atomic E-state index is 12.5. The number of nitrogens with zero attached hydrogens (tertiary/aromatic N) is 3. The fraction of sp³-hybridized carbons (Fsp3) is 0.188. The van der Waals surface area contributed by atoms with E-state index >= 15 is 0 Å². The third-order valence-corrected chi connectivity index (χ3v) is 3.49. The number of carbonyl (C=O) groups is 1. The Morgan fingerprint density at radius 3 is 2.68 bits per heavy atom. The van der Waals surface area contributed by atoms with E-state index in [1.54, 1.807) is 35.3 Å². The second kappa shape index (κ2) is 6.80. The maximum Gasteiger partial charge on any atom is 0.433 e. The van der Waals surface area contributed by atoms with Crippen LogP contribution in [0, 0.1) is 0 Å². The molecule has 6 nitrogen and oxygen atoms in total. The molecule has 3 rings (SSSR count). The van der Waals surface area contributed by atoms with Gasteiger partial charge in [0, 0.05) is 25.1 Å². The summed E-state index contributed by atoms with van der Waals surface area (Å²) in [7, 11) is 0. The average molecular weight is 350 g/mol. The van der Waals surface area contributed by atoms with Gasteiger partial charge in [0.15, 0.2) is 0 Å². The van der Waals surface area contributed by atoms with Gasteiger partial charge in [0.1, 0.15) is 17.5 Å². The fourth-order valence-corrected chi connectivity index (χ4v) is 2.26. The van der Waals surface area contributed by atoms with E-state index in [1.807, 2.05) is 0 Å². The zero-order valence-corrected chi connectivity index (χ0v) is 12.8. The Labute approximate surface area is 140 Å². The van der Waals surface area contributed by atoms with Crippen molar-refractivity contribution in [3.63, 3.8) is 0 Å². The first kappa shape index (κ1) is 16.7. The largest absolute Gasteiger partial charge is 0.467 e. The normalized spacial score (nSPS) is 12.8. The van der Waals surface area contributed by atoms with E-state index in [1.165, 1.54) is 6.26 Å². The molecule has 0 aliphatic heterocycles. The molecule has 0 saturated carbocycles. The molecule has 0 aliphatic rings. The predicted octanol–water partition coefficient (Wildman–Crippen LogP) is 2.91. The first-order valence-corrected chi connectivity index (χ1v) is 7.29. The number of hydrogen-bond acceptors (Lipinski definition) is 4. The molecular weight excluding hydrogens is 337 g/mol. The average Bonchev–Trinajstić information content (AvgIpc) is 3.28. The topological polar surface area (TPSA) is 73.0 Å². The Morgan fingerprint density at radius 2 is 2.12 bits per heavy atom. The number of alkyl halides is 3. The number of hydrogen-bond donors (Lipinski definition) is 1. The van der Waals surface area contributed by atoms with Crippen molar-refractivity contribution in [3.8, 4) is 0 Å². The highest BCUT2D eigenvalue weighted by molar-refractivity contribution is 5.93. The van der Waals surface area contributed by atoms with Crippen LogP contribution in [-0.2, 0) is 6.18 Å². The van der Waals surface area contributed by atoms with Crippen molar-refractivity contribution in [2.45, 2.75) is 12.2 Å². The number of amides is 1. The Hall–Kier alpha value is -3.10. The molecule has 3 aromatic rings. The molecule has 130 valence electrons. The molecule has 0 saturated heterocycles. The van der Waals surface area contributed by atoms with Gasteiger partial charge in [-0.1, -0.05) is 0 Å². The number of furan rings is 1. The first-order valence-electron chi connectivity index (χ1n) is 7.29. The molecule has 0 bridgehead atoms. The monoisotopic (exact) mass is 350 g/mol. The lowest BCUT2D eigenvalue weighted by atomic mass is 10.2. The minimum Gasteiger partial charge on any atom is -0.467 e. The minimum atomic E-state index is -4.54. The highest BCUT2D eigenvalue weighted by atomic mass is 19.4. The van der Waals surface area contributed by atoms with Crippen LogP contribution in [0.4, 0.5) is 13.2 Å². The molecule has 1 atom stereocenters. The summed E-state index contributed by atoms with van der Waals surface area (Å²) < 4.78 is 44.5. The van der Waals surface area contributed by atoms with Crippen LogP contribution in [0.5, 0.6) is 0 Å². The molecule has 0 spiro atoms. The second-order valence-electron chi connectivity index (χ2n) is 5.16. The summed E-state index contributed by atoms with van der Waals surface area (Å²) in [4.78, 5) is 15.4. The predicted molar refractivity (Wildman–Crippen MR) is 80.6 cm³/mol. The fourth-order valence-electron chi connectivity index (χ4n) is 2.26. The summed E-state index contributed by atoms with van der Waals surface area (Å²) in [6.07, 6.45) is 1.18.